The van der Waals surface area contributed by atoms with Crippen LogP contribution in [0, 0.1) is 11.8 Å². The first-order valence-electron chi connectivity index (χ1n) is 12.7. The number of ether oxygens (including phenoxy) is 3. The minimum atomic E-state index is -0.894. The van der Waals surface area contributed by atoms with Gasteiger partial charge in [-0.25, -0.2) is 0 Å². The van der Waals surface area contributed by atoms with E-state index in [0.29, 0.717) is 19.3 Å². The van der Waals surface area contributed by atoms with Gasteiger partial charge >= 0.3 is 0 Å². The van der Waals surface area contributed by atoms with E-state index in [1.165, 1.54) is 25.7 Å². The molecule has 1 N–H and O–H groups in total. The second-order valence-electron chi connectivity index (χ2n) is 10.3. The van der Waals surface area contributed by atoms with Crippen LogP contribution < -0.4 is 21.7 Å². The zero-order valence-electron chi connectivity index (χ0n) is 20.0. The quantitative estimate of drug-likeness (QED) is 0.288. The minimum Gasteiger partial charge on any atom is -1.00 e. The molecule has 0 spiro atoms. The van der Waals surface area contributed by atoms with E-state index in [9.17, 15) is 5.11 Å². The summed E-state index contributed by atoms with van der Waals surface area (Å²) < 4.78 is 19.2. The van der Waals surface area contributed by atoms with Crippen LogP contribution in [0.4, 0.5) is 0 Å². The number of piperidine rings is 3. The lowest BCUT2D eigenvalue weighted by Crippen LogP contribution is -3.00. The van der Waals surface area contributed by atoms with E-state index in [4.69, 9.17) is 14.2 Å². The van der Waals surface area contributed by atoms with Crippen LogP contribution in [-0.2, 0) is 15.1 Å². The Balaban J connectivity index is 0.00000274. The Morgan fingerprint density at radius 3 is 2.21 bits per heavy atom. The summed E-state index contributed by atoms with van der Waals surface area (Å²) in [7, 11) is 0. The Bertz CT molecular complexity index is 868. The lowest BCUT2D eigenvalue weighted by molar-refractivity contribution is -0.963. The molecule has 2 atom stereocenters. The number of aliphatic hydroxyl groups is 1. The van der Waals surface area contributed by atoms with Crippen molar-refractivity contribution < 1.29 is 40.8 Å². The maximum absolute atomic E-state index is 11.9. The fourth-order valence-corrected chi connectivity index (χ4v) is 6.25. The third kappa shape index (κ3) is 5.68. The highest BCUT2D eigenvalue weighted by Crippen LogP contribution is 2.42. The Kier molecular flexibility index (Phi) is 8.70. The maximum atomic E-state index is 11.9. The van der Waals surface area contributed by atoms with Crippen molar-refractivity contribution in [2.45, 2.75) is 50.2 Å². The molecule has 6 rings (SSSR count). The zero-order valence-corrected chi connectivity index (χ0v) is 21.6. The third-order valence-corrected chi connectivity index (χ3v) is 8.28. The van der Waals surface area contributed by atoms with Crippen molar-refractivity contribution in [3.8, 4) is 5.75 Å². The SMILES string of the molecule is OC(CO[C@@H]1C[N+]2(COCOc3ccccc3)CCC1CC2)(c1ccccc1)C1CCCC1.[Br-]. The van der Waals surface area contributed by atoms with Crippen molar-refractivity contribution >= 4 is 0 Å². The zero-order chi connectivity index (χ0) is 22.6. The van der Waals surface area contributed by atoms with Crippen LogP contribution in [0.1, 0.15) is 44.1 Å². The van der Waals surface area contributed by atoms with E-state index in [-0.39, 0.29) is 35.8 Å². The van der Waals surface area contributed by atoms with Crippen LogP contribution >= 0.6 is 0 Å². The number of hydrogen-bond acceptors (Lipinski definition) is 4. The summed E-state index contributed by atoms with van der Waals surface area (Å²) in [4.78, 5) is 0. The van der Waals surface area contributed by atoms with E-state index >= 15 is 0 Å². The molecule has 0 radical (unpaired) electrons. The molecule has 4 aliphatic rings. The van der Waals surface area contributed by atoms with Crippen molar-refractivity contribution in [3.63, 3.8) is 0 Å². The summed E-state index contributed by atoms with van der Waals surface area (Å²) in [6.07, 6.45) is 7.09. The topological polar surface area (TPSA) is 47.9 Å². The molecule has 1 aliphatic carbocycles. The lowest BCUT2D eigenvalue weighted by atomic mass is 9.80. The molecule has 34 heavy (non-hydrogen) atoms. The fourth-order valence-electron chi connectivity index (χ4n) is 6.25. The highest BCUT2D eigenvalue weighted by Gasteiger charge is 2.48. The van der Waals surface area contributed by atoms with Crippen molar-refractivity contribution in [1.29, 1.82) is 0 Å². The van der Waals surface area contributed by atoms with Gasteiger partial charge in [-0.1, -0.05) is 61.4 Å². The number of nitrogens with zero attached hydrogens (tertiary/aromatic N) is 1. The molecule has 1 unspecified atom stereocenters. The predicted octanol–water partition coefficient (Wildman–Crippen LogP) is 1.70. The second kappa shape index (κ2) is 11.5. The van der Waals surface area contributed by atoms with Gasteiger partial charge in [-0.2, -0.15) is 0 Å². The number of fused-ring (bicyclic) bond motifs is 3. The van der Waals surface area contributed by atoms with E-state index < -0.39 is 5.60 Å². The van der Waals surface area contributed by atoms with Crippen LogP contribution in [0.25, 0.3) is 0 Å². The number of halogens is 1. The van der Waals surface area contributed by atoms with Gasteiger partial charge in [-0.15, -0.1) is 0 Å². The van der Waals surface area contributed by atoms with Crippen LogP contribution in [0.5, 0.6) is 5.75 Å². The molecule has 186 valence electrons. The molecule has 3 saturated heterocycles. The monoisotopic (exact) mass is 531 g/mol. The first kappa shape index (κ1) is 25.6. The molecule has 5 nitrogen and oxygen atoms in total. The summed E-state index contributed by atoms with van der Waals surface area (Å²) in [5.41, 5.74) is 0.109. The van der Waals surface area contributed by atoms with Gasteiger partial charge in [-0.3, -0.25) is 9.22 Å². The summed E-state index contributed by atoms with van der Waals surface area (Å²) in [6, 6.07) is 20.0. The van der Waals surface area contributed by atoms with Gasteiger partial charge in [0.2, 0.25) is 0 Å². The number of para-hydroxylation sites is 1. The Morgan fingerprint density at radius 2 is 1.53 bits per heavy atom. The molecule has 2 aromatic carbocycles. The molecule has 3 heterocycles. The molecular formula is C28H38BrNO4. The van der Waals surface area contributed by atoms with E-state index in [2.05, 4.69) is 12.1 Å². The van der Waals surface area contributed by atoms with Crippen molar-refractivity contribution in [2.24, 2.45) is 11.8 Å². The van der Waals surface area contributed by atoms with Crippen LogP contribution in [0.2, 0.25) is 0 Å². The van der Waals surface area contributed by atoms with Gasteiger partial charge in [0.1, 0.15) is 24.0 Å². The summed E-state index contributed by atoms with van der Waals surface area (Å²) in [5.74, 6) is 1.71. The first-order chi connectivity index (χ1) is 16.2. The molecule has 2 aromatic rings. The Morgan fingerprint density at radius 1 is 0.882 bits per heavy atom. The maximum Gasteiger partial charge on any atom is 0.194 e. The predicted molar refractivity (Wildman–Crippen MR) is 128 cm³/mol. The average molecular weight is 533 g/mol. The molecule has 0 amide bonds. The molecule has 3 aliphatic heterocycles. The summed E-state index contributed by atoms with van der Waals surface area (Å²) >= 11 is 0. The average Bonchev–Trinajstić information content (AvgIpc) is 3.43. The normalized spacial score (nSPS) is 28.3. The number of benzene rings is 2. The van der Waals surface area contributed by atoms with Gasteiger partial charge < -0.3 is 31.6 Å². The Labute approximate surface area is 214 Å². The van der Waals surface area contributed by atoms with Crippen molar-refractivity contribution in [2.75, 3.05) is 39.8 Å². The van der Waals surface area contributed by atoms with Crippen LogP contribution in [0.3, 0.4) is 0 Å². The smallest absolute Gasteiger partial charge is 0.194 e. The van der Waals surface area contributed by atoms with Gasteiger partial charge in [0, 0.05) is 18.8 Å². The summed E-state index contributed by atoms with van der Waals surface area (Å²) in [5, 5.41) is 11.9. The number of quaternary nitrogens is 1. The standard InChI is InChI=1S/C28H38NO4.BrH/c30-28(25-11-7-8-12-25,24-9-3-1-4-10-24)20-32-27-19-29(17-15-23(27)16-18-29)21-31-22-33-26-13-5-2-6-14-26;/h1-6,9-10,13-14,23,25,27,30H,7-8,11-12,15-22H2;1H/q+1;/p-1/t23?,27-,28?,29?;/m1./s1. The van der Waals surface area contributed by atoms with Crippen LogP contribution in [-0.4, -0.2) is 55.5 Å². The number of rotatable bonds is 10. The van der Waals surface area contributed by atoms with Gasteiger partial charge in [0.25, 0.3) is 0 Å². The number of hydrogen-bond donors (Lipinski definition) is 1. The second-order valence-corrected chi connectivity index (χ2v) is 10.3. The highest BCUT2D eigenvalue weighted by atomic mass is 79.9. The largest absolute Gasteiger partial charge is 1.00 e. The van der Waals surface area contributed by atoms with Crippen LogP contribution in [0.15, 0.2) is 60.7 Å². The molecule has 0 aromatic heterocycles. The molecule has 2 bridgehead atoms. The van der Waals surface area contributed by atoms with Crippen molar-refractivity contribution in [1.82, 2.24) is 0 Å². The lowest BCUT2D eigenvalue weighted by Gasteiger charge is -2.52. The molecule has 4 fully saturated rings. The van der Waals surface area contributed by atoms with Gasteiger partial charge in [0.15, 0.2) is 13.5 Å². The van der Waals surface area contributed by atoms with Gasteiger partial charge in [-0.05, 0) is 36.5 Å². The summed E-state index contributed by atoms with van der Waals surface area (Å²) in [6.45, 7) is 4.56. The van der Waals surface area contributed by atoms with E-state index in [1.54, 1.807) is 0 Å². The highest BCUT2D eigenvalue weighted by molar-refractivity contribution is 5.24. The molecule has 1 saturated carbocycles. The van der Waals surface area contributed by atoms with Crippen molar-refractivity contribution in [3.05, 3.63) is 66.2 Å². The molecule has 6 heteroatoms. The van der Waals surface area contributed by atoms with E-state index in [1.807, 2.05) is 48.5 Å². The first-order valence-corrected chi connectivity index (χ1v) is 12.7. The van der Waals surface area contributed by atoms with Gasteiger partial charge in [0.05, 0.1) is 19.7 Å². The Hall–Kier alpha value is -1.44. The minimum absolute atomic E-state index is 0. The van der Waals surface area contributed by atoms with E-state index in [0.717, 1.165) is 48.3 Å². The third-order valence-electron chi connectivity index (χ3n) is 8.28. The molecular weight excluding hydrogens is 494 g/mol. The fraction of sp³-hybridized carbons (Fsp3) is 0.571.